The molecule has 0 aliphatic carbocycles. The standard InChI is InChI=1S/C39H69O8P/c1-3-5-6-7-8-9-10-11-15-18-21-24-27-30-34-45-35-38(36-46-48(42,43)44)47-39(41)33-29-26-23-20-17-14-12-13-16-19-22-25-28-32-37(40)31-4-2/h12,14,16,19-20,23,25,28,30,34,37-38,40H,3-11,13,15,17-18,21-22,24,26-27,29,31-33,35-36H2,1-2H3,(H2,42,43,44)/b14-12-,19-16-,23-20-,28-25-,34-30+/t37?,38-/m1/s1. The molecule has 48 heavy (non-hydrogen) atoms. The number of rotatable bonds is 34. The average Bonchev–Trinajstić information content (AvgIpc) is 3.04. The molecule has 0 spiro atoms. The van der Waals surface area contributed by atoms with Gasteiger partial charge in [0.2, 0.25) is 0 Å². The van der Waals surface area contributed by atoms with Gasteiger partial charge in [-0.3, -0.25) is 9.32 Å². The van der Waals surface area contributed by atoms with Gasteiger partial charge in [-0.25, -0.2) is 4.57 Å². The van der Waals surface area contributed by atoms with Crippen LogP contribution < -0.4 is 0 Å². The lowest BCUT2D eigenvalue weighted by molar-refractivity contribution is -0.153. The van der Waals surface area contributed by atoms with Crippen molar-refractivity contribution in [3.05, 3.63) is 60.9 Å². The van der Waals surface area contributed by atoms with E-state index in [2.05, 4.69) is 54.8 Å². The van der Waals surface area contributed by atoms with Crippen molar-refractivity contribution >= 4 is 13.8 Å². The first-order chi connectivity index (χ1) is 23.3. The molecule has 0 bridgehead atoms. The number of aliphatic hydroxyl groups is 1. The zero-order valence-corrected chi connectivity index (χ0v) is 31.1. The van der Waals surface area contributed by atoms with Gasteiger partial charge in [0.25, 0.3) is 0 Å². The molecule has 0 fully saturated rings. The Balaban J connectivity index is 4.04. The first kappa shape index (κ1) is 46.0. The summed E-state index contributed by atoms with van der Waals surface area (Å²) in [5, 5.41) is 9.69. The van der Waals surface area contributed by atoms with E-state index < -0.39 is 26.5 Å². The van der Waals surface area contributed by atoms with E-state index in [1.54, 1.807) is 6.26 Å². The molecule has 0 aromatic rings. The van der Waals surface area contributed by atoms with E-state index in [-0.39, 0.29) is 19.1 Å². The summed E-state index contributed by atoms with van der Waals surface area (Å²) in [5.41, 5.74) is 0. The van der Waals surface area contributed by atoms with Crippen LogP contribution in [0.15, 0.2) is 60.9 Å². The summed E-state index contributed by atoms with van der Waals surface area (Å²) >= 11 is 0. The zero-order valence-electron chi connectivity index (χ0n) is 30.2. The zero-order chi connectivity index (χ0) is 35.4. The summed E-state index contributed by atoms with van der Waals surface area (Å²) in [5.74, 6) is -0.453. The van der Waals surface area contributed by atoms with Gasteiger partial charge >= 0.3 is 13.8 Å². The third kappa shape index (κ3) is 36.9. The number of esters is 1. The van der Waals surface area contributed by atoms with Gasteiger partial charge in [-0.05, 0) is 63.9 Å². The number of ether oxygens (including phenoxy) is 2. The molecule has 0 aliphatic heterocycles. The molecule has 1 unspecified atom stereocenters. The summed E-state index contributed by atoms with van der Waals surface area (Å²) < 4.78 is 26.6. The Morgan fingerprint density at radius 2 is 1.17 bits per heavy atom. The van der Waals surface area contributed by atoms with Gasteiger partial charge in [0.15, 0.2) is 6.10 Å². The van der Waals surface area contributed by atoms with Gasteiger partial charge in [-0.1, -0.05) is 140 Å². The molecule has 0 aromatic heterocycles. The number of hydrogen-bond acceptors (Lipinski definition) is 6. The highest BCUT2D eigenvalue weighted by Gasteiger charge is 2.21. The van der Waals surface area contributed by atoms with Crippen molar-refractivity contribution in [2.24, 2.45) is 0 Å². The van der Waals surface area contributed by atoms with Crippen molar-refractivity contribution in [3.63, 3.8) is 0 Å². The number of phosphoric acid groups is 1. The second-order valence-corrected chi connectivity index (χ2v) is 13.7. The smallest absolute Gasteiger partial charge is 0.469 e. The topological polar surface area (TPSA) is 123 Å². The Morgan fingerprint density at radius 1 is 0.646 bits per heavy atom. The van der Waals surface area contributed by atoms with Crippen LogP contribution >= 0.6 is 7.82 Å². The fourth-order valence-corrected chi connectivity index (χ4v) is 5.30. The fourth-order valence-electron chi connectivity index (χ4n) is 4.94. The molecule has 0 rings (SSSR count). The van der Waals surface area contributed by atoms with Crippen molar-refractivity contribution in [2.45, 2.75) is 167 Å². The van der Waals surface area contributed by atoms with Gasteiger partial charge < -0.3 is 24.4 Å². The molecule has 0 amide bonds. The lowest BCUT2D eigenvalue weighted by atomic mass is 10.0. The Hall–Kier alpha value is -1.96. The summed E-state index contributed by atoms with van der Waals surface area (Å²) in [6.07, 6.45) is 42.2. The minimum Gasteiger partial charge on any atom is -0.498 e. The lowest BCUT2D eigenvalue weighted by Gasteiger charge is -2.17. The number of phosphoric ester groups is 1. The monoisotopic (exact) mass is 696 g/mol. The van der Waals surface area contributed by atoms with Gasteiger partial charge in [0.1, 0.15) is 6.61 Å². The van der Waals surface area contributed by atoms with Crippen molar-refractivity contribution < 1.29 is 38.3 Å². The van der Waals surface area contributed by atoms with E-state index in [0.29, 0.717) is 6.42 Å². The largest absolute Gasteiger partial charge is 0.498 e. The number of allylic oxidation sites excluding steroid dienone is 8. The van der Waals surface area contributed by atoms with Crippen LogP contribution in [0.2, 0.25) is 0 Å². The van der Waals surface area contributed by atoms with Crippen LogP contribution in [0.1, 0.15) is 155 Å². The van der Waals surface area contributed by atoms with Crippen molar-refractivity contribution in [2.75, 3.05) is 13.2 Å². The van der Waals surface area contributed by atoms with E-state index in [9.17, 15) is 14.5 Å². The quantitative estimate of drug-likeness (QED) is 0.0200. The van der Waals surface area contributed by atoms with E-state index in [4.69, 9.17) is 19.3 Å². The molecule has 0 aliphatic rings. The molecule has 9 heteroatoms. The highest BCUT2D eigenvalue weighted by molar-refractivity contribution is 7.46. The first-order valence-corrected chi connectivity index (χ1v) is 20.3. The normalized spacial score (nSPS) is 13.9. The minimum atomic E-state index is -4.69. The molecule has 0 aromatic carbocycles. The first-order valence-electron chi connectivity index (χ1n) is 18.7. The molecule has 8 nitrogen and oxygen atoms in total. The van der Waals surface area contributed by atoms with Crippen molar-refractivity contribution in [1.82, 2.24) is 0 Å². The van der Waals surface area contributed by atoms with Crippen molar-refractivity contribution in [3.8, 4) is 0 Å². The Kier molecular flexibility index (Phi) is 33.5. The van der Waals surface area contributed by atoms with Crippen LogP contribution in [0, 0.1) is 0 Å². The van der Waals surface area contributed by atoms with E-state index >= 15 is 0 Å². The fraction of sp³-hybridized carbons (Fsp3) is 0.718. The molecular weight excluding hydrogens is 627 g/mol. The van der Waals surface area contributed by atoms with Gasteiger partial charge in [-0.2, -0.15) is 0 Å². The van der Waals surface area contributed by atoms with Crippen LogP contribution in [0.3, 0.4) is 0 Å². The number of carbonyl (C=O) groups is 1. The maximum Gasteiger partial charge on any atom is 0.469 e. The van der Waals surface area contributed by atoms with Crippen LogP contribution in [-0.4, -0.2) is 46.3 Å². The highest BCUT2D eigenvalue weighted by Crippen LogP contribution is 2.35. The molecule has 0 saturated heterocycles. The third-order valence-electron chi connectivity index (χ3n) is 7.69. The van der Waals surface area contributed by atoms with Crippen LogP contribution in [0.25, 0.3) is 0 Å². The molecule has 0 radical (unpaired) electrons. The number of aliphatic hydroxyl groups excluding tert-OH is 1. The van der Waals surface area contributed by atoms with Crippen molar-refractivity contribution in [1.29, 1.82) is 0 Å². The number of unbranched alkanes of at least 4 members (excludes halogenated alkanes) is 13. The maximum absolute atomic E-state index is 12.3. The summed E-state index contributed by atoms with van der Waals surface area (Å²) in [6, 6.07) is 0. The van der Waals surface area contributed by atoms with E-state index in [0.717, 1.165) is 57.8 Å². The molecule has 278 valence electrons. The summed E-state index contributed by atoms with van der Waals surface area (Å²) in [7, 11) is -4.69. The van der Waals surface area contributed by atoms with Crippen LogP contribution in [-0.2, 0) is 23.4 Å². The summed E-state index contributed by atoms with van der Waals surface area (Å²) in [4.78, 5) is 30.4. The second kappa shape index (κ2) is 34.9. The Labute approximate surface area is 293 Å². The van der Waals surface area contributed by atoms with Gasteiger partial charge in [0, 0.05) is 6.42 Å². The number of hydrogen-bond donors (Lipinski definition) is 3. The van der Waals surface area contributed by atoms with Gasteiger partial charge in [0.05, 0.1) is 19.0 Å². The summed E-state index contributed by atoms with van der Waals surface area (Å²) in [6.45, 7) is 3.85. The van der Waals surface area contributed by atoms with Crippen LogP contribution in [0.4, 0.5) is 0 Å². The molecule has 3 N–H and O–H groups in total. The van der Waals surface area contributed by atoms with E-state index in [1.807, 2.05) is 18.2 Å². The molecular formula is C39H69O8P. The SMILES string of the molecule is CCCCCCCCCCCCCC/C=C/OC[C@H](COP(=O)(O)O)OC(=O)CCC/C=C\C/C=C\C/C=C\C/C=C\CC(O)CCC. The number of carbonyl (C=O) groups excluding carboxylic acids is 1. The average molecular weight is 697 g/mol. The minimum absolute atomic E-state index is 0.0397. The van der Waals surface area contributed by atoms with E-state index in [1.165, 1.54) is 70.6 Å². The second-order valence-electron chi connectivity index (χ2n) is 12.4. The Morgan fingerprint density at radius 3 is 1.73 bits per heavy atom. The Bertz CT molecular complexity index is 921. The van der Waals surface area contributed by atoms with Gasteiger partial charge in [-0.15, -0.1) is 0 Å². The highest BCUT2D eigenvalue weighted by atomic mass is 31.2. The molecule has 0 heterocycles. The van der Waals surface area contributed by atoms with Crippen LogP contribution in [0.5, 0.6) is 0 Å². The molecule has 2 atom stereocenters. The predicted molar refractivity (Wildman–Crippen MR) is 198 cm³/mol. The predicted octanol–water partition coefficient (Wildman–Crippen LogP) is 10.7. The lowest BCUT2D eigenvalue weighted by Crippen LogP contribution is -2.27. The third-order valence-corrected chi connectivity index (χ3v) is 8.18. The maximum atomic E-state index is 12.3. The molecule has 0 saturated carbocycles.